The van der Waals surface area contributed by atoms with Gasteiger partial charge in [-0.1, -0.05) is 6.07 Å². The first-order valence-electron chi connectivity index (χ1n) is 8.63. The molecule has 2 N–H and O–H groups in total. The van der Waals surface area contributed by atoms with E-state index in [4.69, 9.17) is 0 Å². The van der Waals surface area contributed by atoms with Gasteiger partial charge in [0.1, 0.15) is 6.54 Å². The van der Waals surface area contributed by atoms with E-state index in [1.54, 1.807) is 32.0 Å². The van der Waals surface area contributed by atoms with E-state index in [0.717, 1.165) is 0 Å². The fourth-order valence-corrected chi connectivity index (χ4v) is 3.48. The molecular formula is C19H19N5O4S. The number of pyridine rings is 1. The van der Waals surface area contributed by atoms with Crippen molar-refractivity contribution in [3.63, 3.8) is 0 Å². The third-order valence-corrected chi connectivity index (χ3v) is 5.34. The van der Waals surface area contributed by atoms with Crippen molar-refractivity contribution in [1.29, 1.82) is 0 Å². The summed E-state index contributed by atoms with van der Waals surface area (Å²) in [6.45, 7) is 3.25. The molecule has 9 nitrogen and oxygen atoms in total. The van der Waals surface area contributed by atoms with Gasteiger partial charge in [0.05, 0.1) is 4.90 Å². The normalized spacial score (nSPS) is 11.1. The van der Waals surface area contributed by atoms with Gasteiger partial charge in [-0.2, -0.15) is 0 Å². The molecule has 0 radical (unpaired) electrons. The Labute approximate surface area is 167 Å². The van der Waals surface area contributed by atoms with Crippen molar-refractivity contribution in [3.05, 3.63) is 76.5 Å². The largest absolute Gasteiger partial charge is 0.325 e. The molecule has 2 aromatic heterocycles. The maximum absolute atomic E-state index is 12.4. The van der Waals surface area contributed by atoms with E-state index in [-0.39, 0.29) is 22.9 Å². The highest BCUT2D eigenvalue weighted by molar-refractivity contribution is 7.92. The van der Waals surface area contributed by atoms with Gasteiger partial charge in [0.25, 0.3) is 15.6 Å². The van der Waals surface area contributed by atoms with E-state index < -0.39 is 15.9 Å². The number of nitrogens with one attached hydrogen (secondary N) is 2. The summed E-state index contributed by atoms with van der Waals surface area (Å²) in [6, 6.07) is 10.6. The number of aromatic nitrogens is 3. The van der Waals surface area contributed by atoms with Crippen LogP contribution in [0.25, 0.3) is 0 Å². The molecule has 10 heteroatoms. The van der Waals surface area contributed by atoms with E-state index in [1.807, 2.05) is 0 Å². The van der Waals surface area contributed by atoms with Gasteiger partial charge >= 0.3 is 0 Å². The smallest absolute Gasteiger partial charge is 0.264 e. The number of hydrogen-bond acceptors (Lipinski definition) is 6. The number of hydrogen-bond donors (Lipinski definition) is 2. The molecular weight excluding hydrogens is 394 g/mol. The van der Waals surface area contributed by atoms with Crippen LogP contribution in [0.3, 0.4) is 0 Å². The van der Waals surface area contributed by atoms with Crippen LogP contribution < -0.4 is 15.6 Å². The van der Waals surface area contributed by atoms with Crippen LogP contribution in [0.15, 0.2) is 64.5 Å². The zero-order valence-electron chi connectivity index (χ0n) is 15.8. The predicted octanol–water partition coefficient (Wildman–Crippen LogP) is 1.69. The number of sulfonamides is 1. The molecule has 2 heterocycles. The summed E-state index contributed by atoms with van der Waals surface area (Å²) in [5.74, 6) is -0.425. The van der Waals surface area contributed by atoms with Gasteiger partial charge in [-0.05, 0) is 50.2 Å². The zero-order chi connectivity index (χ0) is 21.0. The molecule has 0 saturated carbocycles. The summed E-state index contributed by atoms with van der Waals surface area (Å²) in [4.78, 5) is 32.0. The molecule has 3 rings (SSSR count). The maximum Gasteiger partial charge on any atom is 0.264 e. The average molecular weight is 413 g/mol. The Morgan fingerprint density at radius 3 is 2.52 bits per heavy atom. The van der Waals surface area contributed by atoms with E-state index in [9.17, 15) is 18.0 Å². The average Bonchev–Trinajstić information content (AvgIpc) is 2.65. The fourth-order valence-electron chi connectivity index (χ4n) is 2.53. The summed E-state index contributed by atoms with van der Waals surface area (Å²) in [6.07, 6.45) is 2.99. The number of anilines is 2. The van der Waals surface area contributed by atoms with Gasteiger partial charge in [-0.15, -0.1) is 0 Å². The first-order chi connectivity index (χ1) is 13.7. The van der Waals surface area contributed by atoms with Gasteiger partial charge in [-0.3, -0.25) is 9.59 Å². The van der Waals surface area contributed by atoms with Crippen molar-refractivity contribution >= 4 is 27.6 Å². The minimum atomic E-state index is -3.87. The lowest BCUT2D eigenvalue weighted by atomic mass is 10.3. The first kappa shape index (κ1) is 20.2. The molecule has 0 bridgehead atoms. The Balaban J connectivity index is 1.68. The second-order valence-corrected chi connectivity index (χ2v) is 8.01. The van der Waals surface area contributed by atoms with Crippen molar-refractivity contribution < 1.29 is 13.2 Å². The summed E-state index contributed by atoms with van der Waals surface area (Å²) in [5.41, 5.74) is 1.33. The second kappa shape index (κ2) is 8.23. The topological polar surface area (TPSA) is 123 Å². The van der Waals surface area contributed by atoms with Gasteiger partial charge in [0.2, 0.25) is 11.9 Å². The molecule has 0 aliphatic heterocycles. The quantitative estimate of drug-likeness (QED) is 0.634. The van der Waals surface area contributed by atoms with Crippen LogP contribution in [-0.2, 0) is 21.4 Å². The molecule has 0 aliphatic rings. The van der Waals surface area contributed by atoms with Crippen molar-refractivity contribution in [3.8, 4) is 0 Å². The van der Waals surface area contributed by atoms with Crippen LogP contribution >= 0.6 is 0 Å². The summed E-state index contributed by atoms with van der Waals surface area (Å²) in [5, 5.41) is 2.63. The SMILES string of the molecule is Cc1ccnc(NS(=O)(=O)c2ccc(NC(=O)Cn3cccc(C)c3=O)cc2)n1. The molecule has 0 spiro atoms. The molecule has 29 heavy (non-hydrogen) atoms. The summed E-state index contributed by atoms with van der Waals surface area (Å²) < 4.78 is 28.5. The minimum absolute atomic E-state index is 0.00416. The third-order valence-electron chi connectivity index (χ3n) is 3.99. The number of nitrogens with zero attached hydrogens (tertiary/aromatic N) is 3. The lowest BCUT2D eigenvalue weighted by molar-refractivity contribution is -0.116. The van der Waals surface area contributed by atoms with Crippen molar-refractivity contribution in [1.82, 2.24) is 14.5 Å². The molecule has 1 aromatic carbocycles. The third kappa shape index (κ3) is 5.05. The van der Waals surface area contributed by atoms with Crippen LogP contribution in [0.5, 0.6) is 0 Å². The lowest BCUT2D eigenvalue weighted by Gasteiger charge is -2.10. The van der Waals surface area contributed by atoms with E-state index >= 15 is 0 Å². The molecule has 0 aliphatic carbocycles. The predicted molar refractivity (Wildman–Crippen MR) is 108 cm³/mol. The molecule has 0 saturated heterocycles. The van der Waals surface area contributed by atoms with E-state index in [0.29, 0.717) is 16.9 Å². The second-order valence-electron chi connectivity index (χ2n) is 6.32. The maximum atomic E-state index is 12.4. The fraction of sp³-hybridized carbons (Fsp3) is 0.158. The first-order valence-corrected chi connectivity index (χ1v) is 10.1. The van der Waals surface area contributed by atoms with Gasteiger partial charge in [0.15, 0.2) is 0 Å². The van der Waals surface area contributed by atoms with Gasteiger partial charge < -0.3 is 9.88 Å². The Morgan fingerprint density at radius 1 is 1.10 bits per heavy atom. The molecule has 0 fully saturated rings. The van der Waals surface area contributed by atoms with E-state index in [2.05, 4.69) is 20.0 Å². The lowest BCUT2D eigenvalue weighted by Crippen LogP contribution is -2.28. The number of rotatable bonds is 6. The Kier molecular flexibility index (Phi) is 5.74. The highest BCUT2D eigenvalue weighted by Gasteiger charge is 2.16. The summed E-state index contributed by atoms with van der Waals surface area (Å²) in [7, 11) is -3.87. The number of carbonyl (C=O) groups is 1. The number of aryl methyl sites for hydroxylation is 2. The summed E-state index contributed by atoms with van der Waals surface area (Å²) >= 11 is 0. The zero-order valence-corrected chi connectivity index (χ0v) is 16.6. The molecule has 3 aromatic rings. The standard InChI is InChI=1S/C19H19N5O4S/c1-13-4-3-11-24(18(13)26)12-17(25)22-15-5-7-16(8-6-15)29(27,28)23-19-20-10-9-14(2)21-19/h3-11H,12H2,1-2H3,(H,22,25)(H,20,21,23). The highest BCUT2D eigenvalue weighted by Crippen LogP contribution is 2.16. The molecule has 1 amide bonds. The van der Waals surface area contributed by atoms with Crippen LogP contribution in [0, 0.1) is 13.8 Å². The Morgan fingerprint density at radius 2 is 1.83 bits per heavy atom. The van der Waals surface area contributed by atoms with Crippen LogP contribution in [0.1, 0.15) is 11.3 Å². The Bertz CT molecular complexity index is 1200. The van der Waals surface area contributed by atoms with Crippen molar-refractivity contribution in [2.45, 2.75) is 25.3 Å². The Hall–Kier alpha value is -3.53. The highest BCUT2D eigenvalue weighted by atomic mass is 32.2. The minimum Gasteiger partial charge on any atom is -0.325 e. The number of amides is 1. The van der Waals surface area contributed by atoms with Crippen LogP contribution in [0.4, 0.5) is 11.6 Å². The monoisotopic (exact) mass is 413 g/mol. The van der Waals surface area contributed by atoms with Gasteiger partial charge in [-0.25, -0.2) is 23.1 Å². The van der Waals surface area contributed by atoms with Crippen molar-refractivity contribution in [2.24, 2.45) is 0 Å². The van der Waals surface area contributed by atoms with E-state index in [1.165, 1.54) is 41.2 Å². The van der Waals surface area contributed by atoms with Crippen molar-refractivity contribution in [2.75, 3.05) is 10.0 Å². The number of benzene rings is 1. The number of carbonyl (C=O) groups excluding carboxylic acids is 1. The van der Waals surface area contributed by atoms with Crippen LogP contribution in [-0.4, -0.2) is 28.9 Å². The van der Waals surface area contributed by atoms with Crippen LogP contribution in [0.2, 0.25) is 0 Å². The molecule has 150 valence electrons. The molecule has 0 atom stereocenters. The molecule has 0 unspecified atom stereocenters. The van der Waals surface area contributed by atoms with Gasteiger partial charge in [0, 0.05) is 29.3 Å².